The number of nitrogens with zero attached hydrogens (tertiary/aromatic N) is 1. The Balaban J connectivity index is 1.12. The summed E-state index contributed by atoms with van der Waals surface area (Å²) in [5, 5.41) is 2.24. The molecule has 0 amide bonds. The summed E-state index contributed by atoms with van der Waals surface area (Å²) in [6, 6.07) is 76.8. The topological polar surface area (TPSA) is 16.4 Å². The van der Waals surface area contributed by atoms with Gasteiger partial charge in [-0.3, -0.25) is 0 Å². The molecule has 1 aliphatic carbocycles. The number of hydrogen-bond acceptors (Lipinski definition) is 2. The molecule has 59 heavy (non-hydrogen) atoms. The molecule has 0 saturated carbocycles. The molecule has 0 fully saturated rings. The largest absolute Gasteiger partial charge is 0.456 e. The molecule has 0 saturated heterocycles. The third-order valence-electron chi connectivity index (χ3n) is 12.3. The van der Waals surface area contributed by atoms with Crippen LogP contribution in [0.5, 0.6) is 0 Å². The van der Waals surface area contributed by atoms with Crippen molar-refractivity contribution in [3.05, 3.63) is 223 Å². The molecule has 0 radical (unpaired) electrons. The summed E-state index contributed by atoms with van der Waals surface area (Å²) in [5.74, 6) is 0. The van der Waals surface area contributed by atoms with Crippen molar-refractivity contribution in [1.82, 2.24) is 0 Å². The molecule has 1 aliphatic rings. The monoisotopic (exact) mass is 755 g/mol. The lowest BCUT2D eigenvalue weighted by Gasteiger charge is -2.29. The number of benzene rings is 9. The molecule has 0 atom stereocenters. The second kappa shape index (κ2) is 13.9. The van der Waals surface area contributed by atoms with E-state index >= 15 is 0 Å². The molecule has 11 rings (SSSR count). The second-order valence-corrected chi connectivity index (χ2v) is 16.1. The third-order valence-corrected chi connectivity index (χ3v) is 12.3. The first kappa shape index (κ1) is 34.8. The fourth-order valence-corrected chi connectivity index (χ4v) is 9.43. The lowest BCUT2D eigenvalue weighted by Crippen LogP contribution is -2.16. The third kappa shape index (κ3) is 5.79. The number of anilines is 3. The lowest BCUT2D eigenvalue weighted by molar-refractivity contribution is 0.660. The first-order valence-electron chi connectivity index (χ1n) is 20.4. The Morgan fingerprint density at radius 3 is 1.73 bits per heavy atom. The maximum Gasteiger partial charge on any atom is 0.136 e. The van der Waals surface area contributed by atoms with Gasteiger partial charge < -0.3 is 9.32 Å². The van der Waals surface area contributed by atoms with Gasteiger partial charge in [-0.15, -0.1) is 0 Å². The van der Waals surface area contributed by atoms with Gasteiger partial charge in [-0.05, 0) is 110 Å². The maximum atomic E-state index is 6.54. The Bertz CT molecular complexity index is 3170. The molecular weight excluding hydrogens is 715 g/mol. The van der Waals surface area contributed by atoms with Crippen molar-refractivity contribution >= 4 is 39.0 Å². The summed E-state index contributed by atoms with van der Waals surface area (Å²) in [7, 11) is 0. The molecule has 0 aliphatic heterocycles. The molecule has 1 heterocycles. The summed E-state index contributed by atoms with van der Waals surface area (Å²) in [6.07, 6.45) is 0. The van der Waals surface area contributed by atoms with Crippen LogP contribution in [-0.4, -0.2) is 0 Å². The number of furan rings is 1. The minimum absolute atomic E-state index is 0.129. The predicted molar refractivity (Wildman–Crippen MR) is 248 cm³/mol. The fourth-order valence-electron chi connectivity index (χ4n) is 9.43. The summed E-state index contributed by atoms with van der Waals surface area (Å²) >= 11 is 0. The van der Waals surface area contributed by atoms with Crippen LogP contribution in [0.3, 0.4) is 0 Å². The van der Waals surface area contributed by atoms with Crippen LogP contribution in [0.1, 0.15) is 25.0 Å². The SMILES string of the molecule is CC1(C)c2ccccc2-c2ccc(N(c3ccc(-c4ccccc4)cc3)c3cccc(-c4ccc5oc6ccccc6c5c4-c4ccccc4-c4ccccc4)c3)cc21. The van der Waals surface area contributed by atoms with Crippen LogP contribution in [0.15, 0.2) is 217 Å². The summed E-state index contributed by atoms with van der Waals surface area (Å²) in [6.45, 7) is 4.71. The fraction of sp³-hybridized carbons (Fsp3) is 0.0526. The number of fused-ring (bicyclic) bond motifs is 6. The van der Waals surface area contributed by atoms with Crippen LogP contribution < -0.4 is 4.90 Å². The average molecular weight is 756 g/mol. The van der Waals surface area contributed by atoms with Gasteiger partial charge in [0.2, 0.25) is 0 Å². The Morgan fingerprint density at radius 2 is 0.932 bits per heavy atom. The molecule has 10 aromatic rings. The van der Waals surface area contributed by atoms with Crippen molar-refractivity contribution < 1.29 is 4.42 Å². The highest BCUT2D eigenvalue weighted by Gasteiger charge is 2.35. The van der Waals surface area contributed by atoms with Crippen LogP contribution in [0.2, 0.25) is 0 Å². The second-order valence-electron chi connectivity index (χ2n) is 16.1. The summed E-state index contributed by atoms with van der Waals surface area (Å²) in [4.78, 5) is 2.42. The molecule has 0 spiro atoms. The van der Waals surface area contributed by atoms with Crippen LogP contribution in [-0.2, 0) is 5.41 Å². The summed E-state index contributed by atoms with van der Waals surface area (Å²) in [5.41, 5.74) is 19.7. The van der Waals surface area contributed by atoms with E-state index in [1.807, 2.05) is 6.07 Å². The smallest absolute Gasteiger partial charge is 0.136 e. The predicted octanol–water partition coefficient (Wildman–Crippen LogP) is 16.0. The minimum atomic E-state index is -0.129. The highest BCUT2D eigenvalue weighted by Crippen LogP contribution is 2.51. The van der Waals surface area contributed by atoms with E-state index in [0.717, 1.165) is 50.1 Å². The Labute approximate surface area is 345 Å². The van der Waals surface area contributed by atoms with Crippen molar-refractivity contribution in [3.63, 3.8) is 0 Å². The van der Waals surface area contributed by atoms with E-state index in [1.165, 1.54) is 55.6 Å². The van der Waals surface area contributed by atoms with Gasteiger partial charge in [-0.25, -0.2) is 0 Å². The van der Waals surface area contributed by atoms with Gasteiger partial charge in [0.05, 0.1) is 0 Å². The number of rotatable bonds is 7. The molecule has 0 unspecified atom stereocenters. The quantitative estimate of drug-likeness (QED) is 0.161. The molecule has 2 heteroatoms. The number of para-hydroxylation sites is 1. The maximum absolute atomic E-state index is 6.54. The van der Waals surface area contributed by atoms with E-state index in [0.29, 0.717) is 0 Å². The lowest BCUT2D eigenvalue weighted by atomic mass is 9.82. The minimum Gasteiger partial charge on any atom is -0.456 e. The van der Waals surface area contributed by atoms with Gasteiger partial charge in [0.15, 0.2) is 0 Å². The molecule has 280 valence electrons. The molecule has 9 aromatic carbocycles. The van der Waals surface area contributed by atoms with E-state index < -0.39 is 0 Å². The van der Waals surface area contributed by atoms with E-state index in [4.69, 9.17) is 4.42 Å². The number of hydrogen-bond donors (Lipinski definition) is 0. The van der Waals surface area contributed by atoms with Crippen molar-refractivity contribution in [3.8, 4) is 55.6 Å². The molecular formula is C57H41NO. The van der Waals surface area contributed by atoms with Crippen LogP contribution >= 0.6 is 0 Å². The first-order valence-corrected chi connectivity index (χ1v) is 20.4. The van der Waals surface area contributed by atoms with Gasteiger partial charge in [-0.1, -0.05) is 178 Å². The van der Waals surface area contributed by atoms with Crippen LogP contribution in [0, 0.1) is 0 Å². The molecule has 1 aromatic heterocycles. The van der Waals surface area contributed by atoms with E-state index in [9.17, 15) is 0 Å². The molecule has 0 bridgehead atoms. The molecule has 0 N–H and O–H groups in total. The zero-order valence-electron chi connectivity index (χ0n) is 33.1. The van der Waals surface area contributed by atoms with Crippen LogP contribution in [0.25, 0.3) is 77.6 Å². The Morgan fingerprint density at radius 1 is 0.356 bits per heavy atom. The Kier molecular flexibility index (Phi) is 8.20. The zero-order valence-corrected chi connectivity index (χ0v) is 33.1. The van der Waals surface area contributed by atoms with E-state index in [-0.39, 0.29) is 5.41 Å². The van der Waals surface area contributed by atoms with Crippen LogP contribution in [0.4, 0.5) is 17.1 Å². The van der Waals surface area contributed by atoms with Crippen molar-refractivity contribution in [1.29, 1.82) is 0 Å². The average Bonchev–Trinajstić information content (AvgIpc) is 3.79. The van der Waals surface area contributed by atoms with Crippen molar-refractivity contribution in [2.75, 3.05) is 4.90 Å². The standard InChI is InChI=1S/C57H41NO/c1-57(2)51-26-13-11-23-47(51)48-33-32-44(37-52(48)57)58(42-30-28-39(29-31-42)38-16-5-3-6-17-38)43-21-15-20-41(36-43)46-34-35-54-56(50-25-12-14-27-53(50)59-54)55(46)49-24-10-9-22-45(49)40-18-7-4-8-19-40/h3-37H,1-2H3. The van der Waals surface area contributed by atoms with Gasteiger partial charge in [-0.2, -0.15) is 0 Å². The van der Waals surface area contributed by atoms with Gasteiger partial charge in [0, 0.05) is 38.8 Å². The van der Waals surface area contributed by atoms with E-state index in [2.05, 4.69) is 225 Å². The highest BCUT2D eigenvalue weighted by molar-refractivity contribution is 6.17. The Hall–Kier alpha value is -7.42. The van der Waals surface area contributed by atoms with Gasteiger partial charge >= 0.3 is 0 Å². The van der Waals surface area contributed by atoms with Gasteiger partial charge in [0.1, 0.15) is 11.2 Å². The summed E-state index contributed by atoms with van der Waals surface area (Å²) < 4.78 is 6.54. The molecule has 2 nitrogen and oxygen atoms in total. The normalized spacial score (nSPS) is 12.7. The highest BCUT2D eigenvalue weighted by atomic mass is 16.3. The first-order chi connectivity index (χ1) is 29.0. The van der Waals surface area contributed by atoms with E-state index in [1.54, 1.807) is 0 Å². The van der Waals surface area contributed by atoms with Crippen molar-refractivity contribution in [2.45, 2.75) is 19.3 Å². The van der Waals surface area contributed by atoms with Gasteiger partial charge in [0.25, 0.3) is 0 Å². The zero-order chi connectivity index (χ0) is 39.5. The van der Waals surface area contributed by atoms with Crippen molar-refractivity contribution in [2.24, 2.45) is 0 Å².